The Balaban J connectivity index is 2.21. The number of benzene rings is 1. The normalized spacial score (nSPS) is 17.0. The van der Waals surface area contributed by atoms with Gasteiger partial charge in [0.25, 0.3) is 0 Å². The molecular formula is C11H13F3N2. The predicted octanol–water partition coefficient (Wildman–Crippen LogP) is 2.11. The molecule has 16 heavy (non-hydrogen) atoms. The largest absolute Gasteiger partial charge is 0.416 e. The topological polar surface area (TPSA) is 15.3 Å². The lowest BCUT2D eigenvalue weighted by molar-refractivity contribution is -0.137. The molecule has 1 heterocycles. The zero-order chi connectivity index (χ0) is 11.8. The molecule has 2 nitrogen and oxygen atoms in total. The van der Waals surface area contributed by atoms with Crippen LogP contribution in [0.5, 0.6) is 0 Å². The van der Waals surface area contributed by atoms with E-state index in [1.165, 1.54) is 12.1 Å². The molecule has 0 saturated carbocycles. The van der Waals surface area contributed by atoms with Crippen molar-refractivity contribution >= 4 is 5.69 Å². The van der Waals surface area contributed by atoms with Crippen LogP contribution in [-0.4, -0.2) is 26.2 Å². The lowest BCUT2D eigenvalue weighted by Gasteiger charge is -2.37. The van der Waals surface area contributed by atoms with E-state index in [0.29, 0.717) is 11.7 Å². The van der Waals surface area contributed by atoms with Gasteiger partial charge in [0.15, 0.2) is 0 Å². The molecule has 1 aromatic carbocycles. The van der Waals surface area contributed by atoms with Crippen LogP contribution < -0.4 is 10.2 Å². The van der Waals surface area contributed by atoms with Crippen LogP contribution in [0, 0.1) is 0 Å². The number of rotatable bonds is 2. The van der Waals surface area contributed by atoms with Crippen LogP contribution >= 0.6 is 0 Å². The van der Waals surface area contributed by atoms with Crippen molar-refractivity contribution in [2.75, 3.05) is 25.0 Å². The summed E-state index contributed by atoms with van der Waals surface area (Å²) in [5.74, 6) is 0. The molecule has 1 fully saturated rings. The van der Waals surface area contributed by atoms with Crippen LogP contribution in [0.1, 0.15) is 5.56 Å². The standard InChI is InChI=1S/C11H13F3N2/c1-16(10-6-15-7-10)9-4-2-3-8(5-9)11(12,13)14/h2-5,10,15H,6-7H2,1H3. The molecule has 1 aliphatic rings. The van der Waals surface area contributed by atoms with Gasteiger partial charge in [-0.3, -0.25) is 0 Å². The summed E-state index contributed by atoms with van der Waals surface area (Å²) in [6, 6.07) is 5.73. The molecule has 0 unspecified atom stereocenters. The van der Waals surface area contributed by atoms with Crippen molar-refractivity contribution < 1.29 is 13.2 Å². The second kappa shape index (κ2) is 3.97. The molecule has 1 saturated heterocycles. The van der Waals surface area contributed by atoms with E-state index in [4.69, 9.17) is 0 Å². The number of hydrogen-bond donors (Lipinski definition) is 1. The van der Waals surface area contributed by atoms with Gasteiger partial charge in [0.05, 0.1) is 11.6 Å². The molecule has 0 radical (unpaired) electrons. The Bertz CT molecular complexity index is 372. The Morgan fingerprint density at radius 2 is 2.00 bits per heavy atom. The highest BCUT2D eigenvalue weighted by Crippen LogP contribution is 2.31. The highest BCUT2D eigenvalue weighted by molar-refractivity contribution is 5.50. The maximum absolute atomic E-state index is 12.5. The average molecular weight is 230 g/mol. The summed E-state index contributed by atoms with van der Waals surface area (Å²) in [4.78, 5) is 1.88. The quantitative estimate of drug-likeness (QED) is 0.837. The SMILES string of the molecule is CN(c1cccc(C(F)(F)F)c1)C1CNC1. The fourth-order valence-corrected chi connectivity index (χ4v) is 1.66. The third-order valence-corrected chi connectivity index (χ3v) is 2.89. The minimum absolute atomic E-state index is 0.295. The first kappa shape index (κ1) is 11.3. The molecule has 0 bridgehead atoms. The van der Waals surface area contributed by atoms with Crippen molar-refractivity contribution in [3.05, 3.63) is 29.8 Å². The Morgan fingerprint density at radius 1 is 1.31 bits per heavy atom. The average Bonchev–Trinajstić information content (AvgIpc) is 2.14. The molecule has 0 spiro atoms. The maximum atomic E-state index is 12.5. The Morgan fingerprint density at radius 3 is 2.50 bits per heavy atom. The van der Waals surface area contributed by atoms with E-state index >= 15 is 0 Å². The van der Waals surface area contributed by atoms with E-state index in [0.717, 1.165) is 19.2 Å². The lowest BCUT2D eigenvalue weighted by atomic mass is 10.1. The summed E-state index contributed by atoms with van der Waals surface area (Å²) in [5.41, 5.74) is 0.0189. The summed E-state index contributed by atoms with van der Waals surface area (Å²) in [6.07, 6.45) is -4.27. The van der Waals surface area contributed by atoms with E-state index in [2.05, 4.69) is 5.32 Å². The highest BCUT2D eigenvalue weighted by atomic mass is 19.4. The fourth-order valence-electron chi connectivity index (χ4n) is 1.66. The third kappa shape index (κ3) is 2.14. The van der Waals surface area contributed by atoms with Crippen LogP contribution in [-0.2, 0) is 6.18 Å². The van der Waals surface area contributed by atoms with Crippen molar-refractivity contribution in [3.8, 4) is 0 Å². The molecule has 0 atom stereocenters. The second-order valence-electron chi connectivity index (χ2n) is 3.97. The molecule has 0 aromatic heterocycles. The van der Waals surface area contributed by atoms with Crippen molar-refractivity contribution in [2.24, 2.45) is 0 Å². The molecule has 0 aliphatic carbocycles. The first-order valence-electron chi connectivity index (χ1n) is 5.09. The number of nitrogens with one attached hydrogen (secondary N) is 1. The van der Waals surface area contributed by atoms with Gasteiger partial charge in [-0.15, -0.1) is 0 Å². The van der Waals surface area contributed by atoms with Gasteiger partial charge in [-0.1, -0.05) is 6.07 Å². The van der Waals surface area contributed by atoms with Crippen molar-refractivity contribution in [2.45, 2.75) is 12.2 Å². The van der Waals surface area contributed by atoms with Crippen LogP contribution in [0.2, 0.25) is 0 Å². The van der Waals surface area contributed by atoms with Crippen molar-refractivity contribution in [1.82, 2.24) is 5.32 Å². The number of hydrogen-bond acceptors (Lipinski definition) is 2. The minimum Gasteiger partial charge on any atom is -0.369 e. The first-order valence-corrected chi connectivity index (χ1v) is 5.09. The second-order valence-corrected chi connectivity index (χ2v) is 3.97. The lowest BCUT2D eigenvalue weighted by Crippen LogP contribution is -2.56. The number of halogens is 3. The van der Waals surface area contributed by atoms with Gasteiger partial charge >= 0.3 is 6.18 Å². The number of likely N-dealkylation sites (N-methyl/N-ethyl adjacent to an activating group) is 1. The Hall–Kier alpha value is -1.23. The van der Waals surface area contributed by atoms with Gasteiger partial charge in [0.1, 0.15) is 0 Å². The van der Waals surface area contributed by atoms with Crippen LogP contribution in [0.25, 0.3) is 0 Å². The van der Waals surface area contributed by atoms with Crippen LogP contribution in [0.15, 0.2) is 24.3 Å². The van der Waals surface area contributed by atoms with E-state index in [-0.39, 0.29) is 0 Å². The van der Waals surface area contributed by atoms with Crippen molar-refractivity contribution in [1.29, 1.82) is 0 Å². The van der Waals surface area contributed by atoms with Gasteiger partial charge in [-0.25, -0.2) is 0 Å². The highest BCUT2D eigenvalue weighted by Gasteiger charge is 2.31. The maximum Gasteiger partial charge on any atom is 0.416 e. The molecule has 1 aliphatic heterocycles. The zero-order valence-corrected chi connectivity index (χ0v) is 8.88. The van der Waals surface area contributed by atoms with E-state index in [1.54, 1.807) is 6.07 Å². The molecule has 1 aromatic rings. The van der Waals surface area contributed by atoms with E-state index in [1.807, 2.05) is 11.9 Å². The summed E-state index contributed by atoms with van der Waals surface area (Å²) in [6.45, 7) is 1.65. The Labute approximate surface area is 92.1 Å². The smallest absolute Gasteiger partial charge is 0.369 e. The van der Waals surface area contributed by atoms with Gasteiger partial charge in [-0.2, -0.15) is 13.2 Å². The number of nitrogens with zero attached hydrogens (tertiary/aromatic N) is 1. The zero-order valence-electron chi connectivity index (χ0n) is 8.88. The molecule has 5 heteroatoms. The summed E-state index contributed by atoms with van der Waals surface area (Å²) in [5, 5.41) is 3.09. The van der Waals surface area contributed by atoms with Gasteiger partial charge < -0.3 is 10.2 Å². The van der Waals surface area contributed by atoms with Gasteiger partial charge in [0.2, 0.25) is 0 Å². The van der Waals surface area contributed by atoms with Crippen molar-refractivity contribution in [3.63, 3.8) is 0 Å². The molecule has 88 valence electrons. The minimum atomic E-state index is -4.27. The van der Waals surface area contributed by atoms with Gasteiger partial charge in [0, 0.05) is 25.8 Å². The summed E-state index contributed by atoms with van der Waals surface area (Å²) in [7, 11) is 1.82. The van der Waals surface area contributed by atoms with E-state index in [9.17, 15) is 13.2 Å². The number of anilines is 1. The molecule has 2 rings (SSSR count). The predicted molar refractivity (Wildman–Crippen MR) is 56.5 cm³/mol. The first-order chi connectivity index (χ1) is 7.48. The molecule has 0 amide bonds. The van der Waals surface area contributed by atoms with Gasteiger partial charge in [-0.05, 0) is 18.2 Å². The van der Waals surface area contributed by atoms with Crippen LogP contribution in [0.3, 0.4) is 0 Å². The summed E-state index contributed by atoms with van der Waals surface area (Å²) >= 11 is 0. The fraction of sp³-hybridized carbons (Fsp3) is 0.455. The molecular weight excluding hydrogens is 217 g/mol. The monoisotopic (exact) mass is 230 g/mol. The van der Waals surface area contributed by atoms with E-state index < -0.39 is 11.7 Å². The Kier molecular flexibility index (Phi) is 2.80. The molecule has 1 N–H and O–H groups in total. The third-order valence-electron chi connectivity index (χ3n) is 2.89. The van der Waals surface area contributed by atoms with Crippen LogP contribution in [0.4, 0.5) is 18.9 Å². The number of alkyl halides is 3. The summed E-state index contributed by atoms with van der Waals surface area (Å²) < 4.78 is 37.5.